The lowest BCUT2D eigenvalue weighted by molar-refractivity contribution is -0.165. The molecule has 0 amide bonds. The van der Waals surface area contributed by atoms with Gasteiger partial charge in [0.15, 0.2) is 0 Å². The number of carbonyl (C=O) groups excluding carboxylic acids is 2. The molecule has 0 aromatic carbocycles. The fourth-order valence-electron chi connectivity index (χ4n) is 0.280. The molecule has 0 N–H and O–H groups in total. The fourth-order valence-corrected chi connectivity index (χ4v) is 0.280. The van der Waals surface area contributed by atoms with Gasteiger partial charge in [0.05, 0.1) is 0 Å². The summed E-state index contributed by atoms with van der Waals surface area (Å²) in [7, 11) is 0. The van der Waals surface area contributed by atoms with Gasteiger partial charge in [0.25, 0.3) is 0 Å². The van der Waals surface area contributed by atoms with Gasteiger partial charge in [0, 0.05) is 13.3 Å². The Morgan fingerprint density at radius 1 is 1.08 bits per heavy atom. The molecule has 0 heterocycles. The molecule has 0 aromatic heterocycles. The highest BCUT2D eigenvalue weighted by Gasteiger charge is 1.97. The molecule has 0 rings (SSSR count). The van der Waals surface area contributed by atoms with Gasteiger partial charge in [-0.3, -0.25) is 9.59 Å². The Balaban J connectivity index is -0.000000135. The highest BCUT2D eigenvalue weighted by molar-refractivity contribution is 5.69. The minimum Gasteiger partial charge on any atom is -0.428 e. The van der Waals surface area contributed by atoms with Crippen LogP contribution >= 0.6 is 0 Å². The summed E-state index contributed by atoms with van der Waals surface area (Å²) in [6.45, 7) is 2.64. The first-order chi connectivity index (χ1) is 4.66. The molecule has 0 aliphatic rings. The molecule has 4 heteroatoms. The summed E-state index contributed by atoms with van der Waals surface area (Å²) in [6, 6.07) is 0. The third kappa shape index (κ3) is 18.2. The lowest BCUT2D eigenvalue weighted by atomic mass is 10.5. The van der Waals surface area contributed by atoms with E-state index in [2.05, 4.69) is 9.47 Å². The Morgan fingerprint density at radius 3 is 1.85 bits per heavy atom. The first-order valence-electron chi connectivity index (χ1n) is 2.95. The van der Waals surface area contributed by atoms with Crippen molar-refractivity contribution < 1.29 is 19.1 Å². The average molecular weight is 194 g/mol. The van der Waals surface area contributed by atoms with Gasteiger partial charge in [-0.2, -0.15) is 0 Å². The number of carbonyl (C=O) groups is 2. The Hall–Kier alpha value is -1.06. The summed E-state index contributed by atoms with van der Waals surface area (Å²) in [4.78, 5) is 20.5. The lowest BCUT2D eigenvalue weighted by Crippen LogP contribution is -2.09. The van der Waals surface area contributed by atoms with E-state index in [-0.39, 0.29) is 35.0 Å². The molecule has 0 bridgehead atoms. The second-order valence-electron chi connectivity index (χ2n) is 1.62. The quantitative estimate of drug-likeness (QED) is 0.511. The van der Waals surface area contributed by atoms with Crippen LogP contribution in [0.4, 0.5) is 0 Å². The molecular formula is C9H22O4. The molecule has 0 saturated heterocycles. The summed E-state index contributed by atoms with van der Waals surface area (Å²) >= 11 is 0. The molecule has 0 atom stereocenters. The molecule has 0 saturated carbocycles. The second-order valence-corrected chi connectivity index (χ2v) is 1.62. The third-order valence-corrected chi connectivity index (χ3v) is 0.771. The lowest BCUT2D eigenvalue weighted by Gasteiger charge is -2.01. The minimum absolute atomic E-state index is 0. The van der Waals surface area contributed by atoms with Gasteiger partial charge < -0.3 is 9.47 Å². The van der Waals surface area contributed by atoms with Crippen molar-refractivity contribution in [1.29, 1.82) is 0 Å². The maximum Gasteiger partial charge on any atom is 0.308 e. The molecular weight excluding hydrogens is 172 g/mol. The molecule has 0 radical (unpaired) electrons. The van der Waals surface area contributed by atoms with Crippen molar-refractivity contribution in [2.45, 2.75) is 42.5 Å². The van der Waals surface area contributed by atoms with Gasteiger partial charge in [0.1, 0.15) is 0 Å². The number of rotatable bonds is 3. The highest BCUT2D eigenvalue weighted by Crippen LogP contribution is 1.84. The van der Waals surface area contributed by atoms with Crippen LogP contribution < -0.4 is 0 Å². The van der Waals surface area contributed by atoms with Crippen LogP contribution in [0.5, 0.6) is 0 Å². The van der Waals surface area contributed by atoms with Crippen molar-refractivity contribution in [2.24, 2.45) is 0 Å². The Morgan fingerprint density at radius 2 is 1.54 bits per heavy atom. The van der Waals surface area contributed by atoms with Crippen LogP contribution in [0.15, 0.2) is 0 Å². The van der Waals surface area contributed by atoms with Crippen LogP contribution in [0.1, 0.15) is 42.5 Å². The van der Waals surface area contributed by atoms with Gasteiger partial charge in [0.2, 0.25) is 6.79 Å². The molecule has 0 aliphatic carbocycles. The van der Waals surface area contributed by atoms with E-state index in [4.69, 9.17) is 0 Å². The van der Waals surface area contributed by atoms with E-state index in [0.717, 1.165) is 0 Å². The van der Waals surface area contributed by atoms with Crippen LogP contribution in [-0.2, 0) is 19.1 Å². The summed E-state index contributed by atoms with van der Waals surface area (Å²) in [5, 5.41) is 0. The predicted octanol–water partition coefficient (Wildman–Crippen LogP) is 2.37. The van der Waals surface area contributed by atoms with Crippen molar-refractivity contribution in [2.75, 3.05) is 6.79 Å². The molecule has 82 valence electrons. The van der Waals surface area contributed by atoms with Crippen molar-refractivity contribution >= 4 is 11.9 Å². The predicted molar refractivity (Wildman–Crippen MR) is 53.2 cm³/mol. The van der Waals surface area contributed by atoms with Crippen LogP contribution in [0.3, 0.4) is 0 Å². The minimum atomic E-state index is -0.455. The first kappa shape index (κ1) is 22.7. The van der Waals surface area contributed by atoms with E-state index in [0.29, 0.717) is 6.42 Å². The van der Waals surface area contributed by atoms with Crippen molar-refractivity contribution in [3.8, 4) is 0 Å². The van der Waals surface area contributed by atoms with Crippen LogP contribution in [0.2, 0.25) is 0 Å². The van der Waals surface area contributed by atoms with Crippen molar-refractivity contribution in [1.82, 2.24) is 0 Å². The number of hydrogen-bond donors (Lipinski definition) is 0. The Kier molecular flexibility index (Phi) is 23.6. The average Bonchev–Trinajstić information content (AvgIpc) is 1.87. The Labute approximate surface area is 81.2 Å². The van der Waals surface area contributed by atoms with Gasteiger partial charge in [-0.05, 0) is 0 Å². The van der Waals surface area contributed by atoms with Gasteiger partial charge in [-0.1, -0.05) is 29.2 Å². The SMILES string of the molecule is C.C.C.CCC(=O)OCOC(C)=O. The molecule has 13 heavy (non-hydrogen) atoms. The van der Waals surface area contributed by atoms with E-state index < -0.39 is 5.97 Å². The largest absolute Gasteiger partial charge is 0.428 e. The van der Waals surface area contributed by atoms with Crippen LogP contribution in [0, 0.1) is 0 Å². The topological polar surface area (TPSA) is 52.6 Å². The third-order valence-electron chi connectivity index (χ3n) is 0.771. The van der Waals surface area contributed by atoms with Gasteiger partial charge >= 0.3 is 11.9 Å². The summed E-state index contributed by atoms with van der Waals surface area (Å²) < 4.78 is 8.75. The molecule has 4 nitrogen and oxygen atoms in total. The number of hydrogen-bond acceptors (Lipinski definition) is 4. The zero-order chi connectivity index (χ0) is 7.98. The summed E-state index contributed by atoms with van der Waals surface area (Å²) in [5.41, 5.74) is 0. The van der Waals surface area contributed by atoms with E-state index in [1.165, 1.54) is 6.92 Å². The maximum absolute atomic E-state index is 10.4. The molecule has 0 unspecified atom stereocenters. The number of ether oxygens (including phenoxy) is 2. The Bertz CT molecular complexity index is 132. The van der Waals surface area contributed by atoms with Crippen LogP contribution in [0.25, 0.3) is 0 Å². The van der Waals surface area contributed by atoms with Gasteiger partial charge in [-0.15, -0.1) is 0 Å². The van der Waals surface area contributed by atoms with E-state index in [9.17, 15) is 9.59 Å². The summed E-state index contributed by atoms with van der Waals surface area (Å²) in [6.07, 6.45) is 0.293. The van der Waals surface area contributed by atoms with Crippen molar-refractivity contribution in [3.05, 3.63) is 0 Å². The van der Waals surface area contributed by atoms with E-state index in [1.54, 1.807) is 6.92 Å². The standard InChI is InChI=1S/C6H10O4.3CH4/c1-3-6(8)10-4-9-5(2)7;;;/h3-4H2,1-2H3;3*1H4. The zero-order valence-electron chi connectivity index (χ0n) is 6.05. The molecule has 0 aromatic rings. The van der Waals surface area contributed by atoms with Gasteiger partial charge in [-0.25, -0.2) is 0 Å². The normalized spacial score (nSPS) is 6.62. The van der Waals surface area contributed by atoms with E-state index >= 15 is 0 Å². The number of esters is 2. The van der Waals surface area contributed by atoms with Crippen LogP contribution in [-0.4, -0.2) is 18.7 Å². The molecule has 0 fully saturated rings. The smallest absolute Gasteiger partial charge is 0.308 e. The van der Waals surface area contributed by atoms with E-state index in [1.807, 2.05) is 0 Å². The molecule has 0 aliphatic heterocycles. The van der Waals surface area contributed by atoms with Crippen molar-refractivity contribution in [3.63, 3.8) is 0 Å². The second kappa shape index (κ2) is 13.5. The maximum atomic E-state index is 10.4. The summed E-state index contributed by atoms with van der Waals surface area (Å²) in [5.74, 6) is -0.829. The zero-order valence-corrected chi connectivity index (χ0v) is 6.05. The molecule has 0 spiro atoms. The highest BCUT2D eigenvalue weighted by atomic mass is 16.7. The fraction of sp³-hybridized carbons (Fsp3) is 0.778. The monoisotopic (exact) mass is 194 g/mol. The first-order valence-corrected chi connectivity index (χ1v) is 2.95.